The van der Waals surface area contributed by atoms with Gasteiger partial charge in [-0.05, 0) is 62.2 Å². The molecule has 0 heterocycles. The largest absolute Gasteiger partial charge is 0.514 e. The lowest BCUT2D eigenvalue weighted by molar-refractivity contribution is 0.0204. The summed E-state index contributed by atoms with van der Waals surface area (Å²) in [6.45, 7) is 5.89. The third-order valence-electron chi connectivity index (χ3n) is 2.93. The second-order valence-corrected chi connectivity index (χ2v) is 5.91. The van der Waals surface area contributed by atoms with Gasteiger partial charge in [0.05, 0.1) is 0 Å². The Morgan fingerprint density at radius 2 is 1.76 bits per heavy atom. The van der Waals surface area contributed by atoms with Crippen LogP contribution in [0.3, 0.4) is 0 Å². The molecule has 0 atom stereocenters. The predicted octanol–water partition coefficient (Wildman–Crippen LogP) is 3.65. The fourth-order valence-electron chi connectivity index (χ4n) is 2.07. The lowest BCUT2D eigenvalue weighted by Crippen LogP contribution is -2.26. The maximum absolute atomic E-state index is 11.8. The first-order chi connectivity index (χ1) is 9.89. The Labute approximate surface area is 124 Å². The van der Waals surface area contributed by atoms with E-state index in [0.717, 1.165) is 16.3 Å². The van der Waals surface area contributed by atoms with Gasteiger partial charge in [-0.2, -0.15) is 0 Å². The highest BCUT2D eigenvalue weighted by Crippen LogP contribution is 2.27. The number of ether oxygens (including phenoxy) is 2. The van der Waals surface area contributed by atoms with Gasteiger partial charge in [0.1, 0.15) is 11.4 Å². The van der Waals surface area contributed by atoms with Crippen LogP contribution in [0.15, 0.2) is 36.4 Å². The number of carbonyl (C=O) groups is 1. The van der Waals surface area contributed by atoms with Crippen LogP contribution in [0, 0.1) is 0 Å². The average Bonchev–Trinajstić information content (AvgIpc) is 2.37. The zero-order valence-electron chi connectivity index (χ0n) is 12.7. The maximum Gasteiger partial charge on any atom is 0.514 e. The molecule has 0 unspecified atom stereocenters. The summed E-state index contributed by atoms with van der Waals surface area (Å²) < 4.78 is 10.6. The highest BCUT2D eigenvalue weighted by Gasteiger charge is 2.19. The molecule has 2 rings (SSSR count). The molecule has 0 aliphatic heterocycles. The molecule has 112 valence electrons. The Morgan fingerprint density at radius 3 is 2.33 bits per heavy atom. The molecule has 0 aromatic heterocycles. The van der Waals surface area contributed by atoms with Crippen molar-refractivity contribution in [2.75, 3.05) is 6.54 Å². The number of fused-ring (bicyclic) bond motifs is 1. The van der Waals surface area contributed by atoms with Crippen LogP contribution >= 0.6 is 0 Å². The van der Waals surface area contributed by atoms with E-state index in [2.05, 4.69) is 0 Å². The molecule has 0 aliphatic carbocycles. The summed E-state index contributed by atoms with van der Waals surface area (Å²) >= 11 is 0. The van der Waals surface area contributed by atoms with Crippen molar-refractivity contribution in [3.63, 3.8) is 0 Å². The third-order valence-corrected chi connectivity index (χ3v) is 2.93. The van der Waals surface area contributed by atoms with Crippen molar-refractivity contribution < 1.29 is 14.3 Å². The van der Waals surface area contributed by atoms with Crippen LogP contribution in [0.4, 0.5) is 4.79 Å². The zero-order valence-corrected chi connectivity index (χ0v) is 12.7. The summed E-state index contributed by atoms with van der Waals surface area (Å²) in [7, 11) is 0. The first-order valence-electron chi connectivity index (χ1n) is 7.01. The smallest absolute Gasteiger partial charge is 0.428 e. The molecule has 0 saturated heterocycles. The molecular weight excluding hydrogens is 266 g/mol. The summed E-state index contributed by atoms with van der Waals surface area (Å²) in [4.78, 5) is 11.8. The van der Waals surface area contributed by atoms with E-state index in [1.54, 1.807) is 20.8 Å². The maximum atomic E-state index is 11.8. The molecule has 2 aromatic carbocycles. The van der Waals surface area contributed by atoms with Crippen molar-refractivity contribution in [1.82, 2.24) is 0 Å². The standard InChI is InChI=1S/C17H21NO3/c1-17(2,3)21-16(19)20-15-11-13-7-5-4-6-12(13)10-14(15)8-9-18/h4-7,10-11H,8-9,18H2,1-3H3. The number of carbonyl (C=O) groups excluding carboxylic acids is 1. The van der Waals surface area contributed by atoms with Crippen molar-refractivity contribution in [2.45, 2.75) is 32.8 Å². The van der Waals surface area contributed by atoms with E-state index in [1.165, 1.54) is 0 Å². The number of rotatable bonds is 3. The number of nitrogens with two attached hydrogens (primary N) is 1. The van der Waals surface area contributed by atoms with Crippen LogP contribution in [-0.2, 0) is 11.2 Å². The SMILES string of the molecule is CC(C)(C)OC(=O)Oc1cc2ccccc2cc1CCN. The minimum Gasteiger partial charge on any atom is -0.428 e. The van der Waals surface area contributed by atoms with Crippen LogP contribution in [0.5, 0.6) is 5.75 Å². The van der Waals surface area contributed by atoms with Gasteiger partial charge in [0.25, 0.3) is 0 Å². The molecule has 0 amide bonds. The first-order valence-corrected chi connectivity index (χ1v) is 7.01. The molecule has 0 radical (unpaired) electrons. The fourth-order valence-corrected chi connectivity index (χ4v) is 2.07. The summed E-state index contributed by atoms with van der Waals surface area (Å²) in [6.07, 6.45) is -0.0563. The number of hydrogen-bond donors (Lipinski definition) is 1. The van der Waals surface area contributed by atoms with Gasteiger partial charge >= 0.3 is 6.16 Å². The molecule has 0 bridgehead atoms. The summed E-state index contributed by atoms with van der Waals surface area (Å²) in [6, 6.07) is 11.8. The van der Waals surface area contributed by atoms with Gasteiger partial charge in [-0.25, -0.2) is 4.79 Å². The van der Waals surface area contributed by atoms with E-state index in [0.29, 0.717) is 18.7 Å². The molecule has 0 spiro atoms. The second-order valence-electron chi connectivity index (χ2n) is 5.91. The number of hydrogen-bond acceptors (Lipinski definition) is 4. The monoisotopic (exact) mass is 287 g/mol. The Balaban J connectivity index is 2.32. The van der Waals surface area contributed by atoms with E-state index in [9.17, 15) is 4.79 Å². The first kappa shape index (κ1) is 15.3. The topological polar surface area (TPSA) is 61.5 Å². The van der Waals surface area contributed by atoms with Crippen molar-refractivity contribution in [3.05, 3.63) is 42.0 Å². The van der Waals surface area contributed by atoms with Gasteiger partial charge in [-0.3, -0.25) is 0 Å². The van der Waals surface area contributed by atoms with Crippen molar-refractivity contribution in [2.24, 2.45) is 5.73 Å². The lowest BCUT2D eigenvalue weighted by atomic mass is 10.0. The van der Waals surface area contributed by atoms with Crippen LogP contribution in [0.25, 0.3) is 10.8 Å². The quantitative estimate of drug-likeness (QED) is 0.691. The zero-order chi connectivity index (χ0) is 15.5. The molecule has 0 aliphatic rings. The normalized spacial score (nSPS) is 11.4. The Hall–Kier alpha value is -2.07. The minimum absolute atomic E-state index is 0.489. The number of benzene rings is 2. The molecular formula is C17H21NO3. The van der Waals surface area contributed by atoms with Crippen LogP contribution in [0.2, 0.25) is 0 Å². The summed E-state index contributed by atoms with van der Waals surface area (Å²) in [5.41, 5.74) is 5.96. The van der Waals surface area contributed by atoms with E-state index in [-0.39, 0.29) is 0 Å². The lowest BCUT2D eigenvalue weighted by Gasteiger charge is -2.19. The van der Waals surface area contributed by atoms with Crippen LogP contribution in [0.1, 0.15) is 26.3 Å². The van der Waals surface area contributed by atoms with Crippen LogP contribution < -0.4 is 10.5 Å². The molecule has 21 heavy (non-hydrogen) atoms. The summed E-state index contributed by atoms with van der Waals surface area (Å²) in [5.74, 6) is 0.508. The van der Waals surface area contributed by atoms with Gasteiger partial charge in [0, 0.05) is 0 Å². The minimum atomic E-state index is -0.698. The van der Waals surface area contributed by atoms with Gasteiger partial charge in [-0.15, -0.1) is 0 Å². The highest BCUT2D eigenvalue weighted by atomic mass is 16.7. The predicted molar refractivity (Wildman–Crippen MR) is 83.6 cm³/mol. The molecule has 4 nitrogen and oxygen atoms in total. The van der Waals surface area contributed by atoms with Gasteiger partial charge in [0.2, 0.25) is 0 Å². The molecule has 0 fully saturated rings. The van der Waals surface area contributed by atoms with E-state index >= 15 is 0 Å². The van der Waals surface area contributed by atoms with E-state index < -0.39 is 11.8 Å². The Morgan fingerprint density at radius 1 is 1.14 bits per heavy atom. The van der Waals surface area contributed by atoms with Crippen molar-refractivity contribution in [3.8, 4) is 5.75 Å². The molecule has 4 heteroatoms. The van der Waals surface area contributed by atoms with Gasteiger partial charge < -0.3 is 15.2 Å². The molecule has 2 N–H and O–H groups in total. The molecule has 0 saturated carbocycles. The van der Waals surface area contributed by atoms with E-state index in [4.69, 9.17) is 15.2 Å². The Bertz CT molecular complexity index is 644. The Kier molecular flexibility index (Phi) is 4.48. The summed E-state index contributed by atoms with van der Waals surface area (Å²) in [5, 5.41) is 2.11. The van der Waals surface area contributed by atoms with Gasteiger partial charge in [0.15, 0.2) is 0 Å². The van der Waals surface area contributed by atoms with E-state index in [1.807, 2.05) is 36.4 Å². The molecule has 2 aromatic rings. The van der Waals surface area contributed by atoms with Crippen molar-refractivity contribution in [1.29, 1.82) is 0 Å². The fraction of sp³-hybridized carbons (Fsp3) is 0.353. The van der Waals surface area contributed by atoms with Crippen LogP contribution in [-0.4, -0.2) is 18.3 Å². The highest BCUT2D eigenvalue weighted by molar-refractivity contribution is 5.85. The van der Waals surface area contributed by atoms with Crippen molar-refractivity contribution >= 4 is 16.9 Å². The third kappa shape index (κ3) is 4.20. The average molecular weight is 287 g/mol. The van der Waals surface area contributed by atoms with Gasteiger partial charge in [-0.1, -0.05) is 24.3 Å². The second kappa shape index (κ2) is 6.14.